The maximum atomic E-state index is 12.4. The fourth-order valence-electron chi connectivity index (χ4n) is 3.71. The summed E-state index contributed by atoms with van der Waals surface area (Å²) in [6.45, 7) is 2.03. The maximum Gasteiger partial charge on any atom is 0.240 e. The molecule has 1 aromatic carbocycles. The molecule has 3 aromatic rings. The van der Waals surface area contributed by atoms with Crippen LogP contribution in [0.3, 0.4) is 0 Å². The highest BCUT2D eigenvalue weighted by Crippen LogP contribution is 2.32. The molecule has 2 aromatic heterocycles. The van der Waals surface area contributed by atoms with Gasteiger partial charge in [-0.05, 0) is 31.5 Å². The van der Waals surface area contributed by atoms with Crippen molar-refractivity contribution in [2.45, 2.75) is 18.8 Å². The van der Waals surface area contributed by atoms with Crippen LogP contribution in [0, 0.1) is 0 Å². The second kappa shape index (κ2) is 9.11. The van der Waals surface area contributed by atoms with Gasteiger partial charge in [0.1, 0.15) is 5.75 Å². The van der Waals surface area contributed by atoms with Crippen molar-refractivity contribution in [2.75, 3.05) is 32.1 Å². The molecule has 0 bridgehead atoms. The minimum Gasteiger partial charge on any atom is -0.497 e. The summed E-state index contributed by atoms with van der Waals surface area (Å²) in [5, 5.41) is 5.34. The van der Waals surface area contributed by atoms with Crippen LogP contribution in [0.25, 0.3) is 11.3 Å². The third-order valence-corrected chi connectivity index (χ3v) is 5.70. The maximum absolute atomic E-state index is 12.4. The number of likely N-dealkylation sites (tertiary alicyclic amines) is 1. The smallest absolute Gasteiger partial charge is 0.240 e. The van der Waals surface area contributed by atoms with Gasteiger partial charge in [-0.2, -0.15) is 0 Å². The molecule has 0 aliphatic carbocycles. The Labute approximate surface area is 173 Å². The molecule has 1 unspecified atom stereocenters. The molecule has 1 saturated heterocycles. The highest BCUT2D eigenvalue weighted by Gasteiger charge is 2.26. The zero-order valence-corrected chi connectivity index (χ0v) is 17.1. The van der Waals surface area contributed by atoms with E-state index in [0.717, 1.165) is 48.6 Å². The molecule has 1 aliphatic rings. The van der Waals surface area contributed by atoms with E-state index < -0.39 is 0 Å². The summed E-state index contributed by atoms with van der Waals surface area (Å²) in [5.74, 6) is 0.988. The Morgan fingerprint density at radius 1 is 1.28 bits per heavy atom. The van der Waals surface area contributed by atoms with Gasteiger partial charge in [-0.25, -0.2) is 4.98 Å². The van der Waals surface area contributed by atoms with E-state index in [2.05, 4.69) is 25.2 Å². The predicted molar refractivity (Wildman–Crippen MR) is 113 cm³/mol. The Hall–Kier alpha value is -2.84. The summed E-state index contributed by atoms with van der Waals surface area (Å²) in [6.07, 6.45) is 7.20. The number of carbonyl (C=O) groups excluding carboxylic acids is 1. The number of carbonyl (C=O) groups is 1. The molecule has 7 nitrogen and oxygen atoms in total. The van der Waals surface area contributed by atoms with Gasteiger partial charge in [-0.1, -0.05) is 12.1 Å². The number of amides is 1. The van der Waals surface area contributed by atoms with Crippen molar-refractivity contribution in [3.63, 3.8) is 0 Å². The van der Waals surface area contributed by atoms with Gasteiger partial charge in [0.15, 0.2) is 5.13 Å². The van der Waals surface area contributed by atoms with Crippen molar-refractivity contribution in [1.29, 1.82) is 0 Å². The number of nitrogens with one attached hydrogen (secondary N) is 1. The van der Waals surface area contributed by atoms with E-state index in [0.29, 0.717) is 11.7 Å². The van der Waals surface area contributed by atoms with E-state index in [9.17, 15) is 4.79 Å². The lowest BCUT2D eigenvalue weighted by atomic mass is 9.91. The normalized spacial score (nSPS) is 17.1. The minimum absolute atomic E-state index is 0.0345. The summed E-state index contributed by atoms with van der Waals surface area (Å²) >= 11 is 1.42. The summed E-state index contributed by atoms with van der Waals surface area (Å²) in [7, 11) is 1.66. The van der Waals surface area contributed by atoms with Gasteiger partial charge in [0.05, 0.1) is 25.0 Å². The first-order valence-corrected chi connectivity index (χ1v) is 10.5. The third kappa shape index (κ3) is 4.78. The van der Waals surface area contributed by atoms with Crippen LogP contribution in [-0.4, -0.2) is 52.5 Å². The molecular formula is C21H23N5O2S. The lowest BCUT2D eigenvalue weighted by molar-refractivity contribution is -0.117. The van der Waals surface area contributed by atoms with Crippen LogP contribution in [0.1, 0.15) is 24.5 Å². The Kier molecular flexibility index (Phi) is 6.12. The zero-order chi connectivity index (χ0) is 20.1. The average Bonchev–Trinajstić information content (AvgIpc) is 3.27. The molecule has 150 valence electrons. The standard InChI is InChI=1S/C21H23N5O2S/c1-28-17-6-2-4-15(12-17)19-20(23-8-7-22-19)16-5-3-10-26(13-16)14-18(27)25-21-24-9-11-29-21/h2,4,6-9,11-12,16H,3,5,10,13-14H2,1H3,(H,24,25,27). The molecule has 8 heteroatoms. The first-order chi connectivity index (χ1) is 14.2. The van der Waals surface area contributed by atoms with Crippen molar-refractivity contribution in [1.82, 2.24) is 19.9 Å². The number of benzene rings is 1. The number of hydrogen-bond acceptors (Lipinski definition) is 7. The topological polar surface area (TPSA) is 80.2 Å². The highest BCUT2D eigenvalue weighted by atomic mass is 32.1. The predicted octanol–water partition coefficient (Wildman–Crippen LogP) is 3.43. The van der Waals surface area contributed by atoms with Gasteiger partial charge >= 0.3 is 0 Å². The van der Waals surface area contributed by atoms with E-state index in [1.165, 1.54) is 11.3 Å². The lowest BCUT2D eigenvalue weighted by Gasteiger charge is -2.32. The summed E-state index contributed by atoms with van der Waals surface area (Å²) < 4.78 is 5.36. The van der Waals surface area contributed by atoms with Gasteiger partial charge < -0.3 is 10.1 Å². The molecule has 1 amide bonds. The molecule has 1 atom stereocenters. The highest BCUT2D eigenvalue weighted by molar-refractivity contribution is 7.13. The van der Waals surface area contributed by atoms with Crippen molar-refractivity contribution in [3.05, 3.63) is 53.9 Å². The van der Waals surface area contributed by atoms with Gasteiger partial charge in [0.25, 0.3) is 0 Å². The van der Waals surface area contributed by atoms with Gasteiger partial charge in [0, 0.05) is 42.0 Å². The summed E-state index contributed by atoms with van der Waals surface area (Å²) in [5.41, 5.74) is 2.85. The van der Waals surface area contributed by atoms with E-state index >= 15 is 0 Å². The number of thiazole rings is 1. The van der Waals surface area contributed by atoms with Crippen LogP contribution in [0.2, 0.25) is 0 Å². The molecule has 3 heterocycles. The number of piperidine rings is 1. The summed E-state index contributed by atoms with van der Waals surface area (Å²) in [4.78, 5) is 27.9. The molecule has 0 spiro atoms. The zero-order valence-electron chi connectivity index (χ0n) is 16.2. The number of aromatic nitrogens is 3. The number of ether oxygens (including phenoxy) is 1. The second-order valence-electron chi connectivity index (χ2n) is 6.98. The van der Waals surface area contributed by atoms with E-state index in [-0.39, 0.29) is 11.8 Å². The molecular weight excluding hydrogens is 386 g/mol. The Morgan fingerprint density at radius 3 is 3.00 bits per heavy atom. The van der Waals surface area contributed by atoms with Crippen molar-refractivity contribution < 1.29 is 9.53 Å². The number of nitrogens with zero attached hydrogens (tertiary/aromatic N) is 4. The second-order valence-corrected chi connectivity index (χ2v) is 7.88. The quantitative estimate of drug-likeness (QED) is 0.672. The molecule has 0 saturated carbocycles. The number of anilines is 1. The molecule has 1 aliphatic heterocycles. The monoisotopic (exact) mass is 409 g/mol. The van der Waals surface area contributed by atoms with Gasteiger partial charge in [-0.15, -0.1) is 11.3 Å². The number of methoxy groups -OCH3 is 1. The molecule has 0 radical (unpaired) electrons. The summed E-state index contributed by atoms with van der Waals surface area (Å²) in [6, 6.07) is 7.89. The van der Waals surface area contributed by atoms with Crippen LogP contribution in [0.15, 0.2) is 48.2 Å². The molecule has 4 rings (SSSR count). The average molecular weight is 410 g/mol. The lowest BCUT2D eigenvalue weighted by Crippen LogP contribution is -2.40. The van der Waals surface area contributed by atoms with Crippen LogP contribution in [0.5, 0.6) is 5.75 Å². The Balaban J connectivity index is 1.49. The minimum atomic E-state index is -0.0345. The van der Waals surface area contributed by atoms with Gasteiger partial charge in [0.2, 0.25) is 5.91 Å². The van der Waals surface area contributed by atoms with Crippen molar-refractivity contribution >= 4 is 22.4 Å². The van der Waals surface area contributed by atoms with Crippen molar-refractivity contribution in [2.24, 2.45) is 0 Å². The molecule has 29 heavy (non-hydrogen) atoms. The Morgan fingerprint density at radius 2 is 2.17 bits per heavy atom. The fraction of sp³-hybridized carbons (Fsp3) is 0.333. The molecule has 1 N–H and O–H groups in total. The Bertz CT molecular complexity index is 963. The molecule has 1 fully saturated rings. The van der Waals surface area contributed by atoms with Crippen LogP contribution >= 0.6 is 11.3 Å². The third-order valence-electron chi connectivity index (χ3n) is 5.01. The van der Waals surface area contributed by atoms with E-state index in [1.807, 2.05) is 29.6 Å². The first-order valence-electron chi connectivity index (χ1n) is 9.60. The van der Waals surface area contributed by atoms with Gasteiger partial charge in [-0.3, -0.25) is 19.7 Å². The van der Waals surface area contributed by atoms with E-state index in [4.69, 9.17) is 4.74 Å². The number of hydrogen-bond donors (Lipinski definition) is 1. The SMILES string of the molecule is COc1cccc(-c2nccnc2C2CCCN(CC(=O)Nc3nccs3)C2)c1. The first kappa shape index (κ1) is 19.5. The van der Waals surface area contributed by atoms with E-state index in [1.54, 1.807) is 25.7 Å². The largest absolute Gasteiger partial charge is 0.497 e. The van der Waals surface area contributed by atoms with Crippen LogP contribution < -0.4 is 10.1 Å². The number of rotatable bonds is 6. The van der Waals surface area contributed by atoms with Crippen molar-refractivity contribution in [3.8, 4) is 17.0 Å². The van der Waals surface area contributed by atoms with Crippen LogP contribution in [-0.2, 0) is 4.79 Å². The van der Waals surface area contributed by atoms with Crippen LogP contribution in [0.4, 0.5) is 5.13 Å². The fourth-order valence-corrected chi connectivity index (χ4v) is 4.25.